The molecule has 0 amide bonds. The number of methoxy groups -OCH3 is 2. The van der Waals surface area contributed by atoms with Gasteiger partial charge in [-0.05, 0) is 6.07 Å². The fourth-order valence-corrected chi connectivity index (χ4v) is 1.38. The molecule has 0 spiro atoms. The molecule has 5 nitrogen and oxygen atoms in total. The molecule has 0 saturated heterocycles. The van der Waals surface area contributed by atoms with Crippen molar-refractivity contribution in [3.05, 3.63) is 29.8 Å². The second kappa shape index (κ2) is 5.16. The van der Waals surface area contributed by atoms with E-state index in [-0.39, 0.29) is 5.56 Å². The number of carboxylic acids is 1. The Balaban J connectivity index is 3.20. The molecule has 0 saturated carbocycles. The number of hydrogen-bond acceptors (Lipinski definition) is 4. The molecule has 0 aromatic heterocycles. The van der Waals surface area contributed by atoms with Gasteiger partial charge in [-0.15, -0.1) is 0 Å². The van der Waals surface area contributed by atoms with Crippen molar-refractivity contribution < 1.29 is 24.2 Å². The summed E-state index contributed by atoms with van der Waals surface area (Å²) in [6.07, 6.45) is 0. The standard InChI is InChI=1S/C11H12O5/c1-15-8-6-4-3-5-7(8)9(10(12)13)11(14)16-2/h3-6,9H,1-2H3,(H,12,13). The van der Waals surface area contributed by atoms with E-state index >= 15 is 0 Å². The number of hydrogen-bond donors (Lipinski definition) is 1. The zero-order valence-electron chi connectivity index (χ0n) is 8.97. The van der Waals surface area contributed by atoms with Crippen LogP contribution in [0.4, 0.5) is 0 Å². The first-order valence-corrected chi connectivity index (χ1v) is 4.55. The number of esters is 1. The molecule has 0 aliphatic heterocycles. The molecule has 0 fully saturated rings. The number of ether oxygens (including phenoxy) is 2. The summed E-state index contributed by atoms with van der Waals surface area (Å²) in [6, 6.07) is 6.44. The smallest absolute Gasteiger partial charge is 0.324 e. The zero-order chi connectivity index (χ0) is 12.1. The second-order valence-corrected chi connectivity index (χ2v) is 3.04. The van der Waals surface area contributed by atoms with Crippen molar-refractivity contribution in [2.24, 2.45) is 0 Å². The molecule has 86 valence electrons. The number of para-hydroxylation sites is 1. The predicted octanol–water partition coefficient (Wildman–Crippen LogP) is 1.04. The zero-order valence-corrected chi connectivity index (χ0v) is 8.97. The first kappa shape index (κ1) is 12.0. The van der Waals surface area contributed by atoms with E-state index in [0.717, 1.165) is 7.11 Å². The third-order valence-electron chi connectivity index (χ3n) is 2.13. The van der Waals surface area contributed by atoms with Gasteiger partial charge in [0.2, 0.25) is 0 Å². The lowest BCUT2D eigenvalue weighted by atomic mass is 9.98. The minimum Gasteiger partial charge on any atom is -0.496 e. The van der Waals surface area contributed by atoms with Crippen LogP contribution >= 0.6 is 0 Å². The minimum atomic E-state index is -1.36. The molecule has 1 aromatic carbocycles. The predicted molar refractivity (Wildman–Crippen MR) is 55.4 cm³/mol. The number of benzene rings is 1. The van der Waals surface area contributed by atoms with Crippen LogP contribution in [0.2, 0.25) is 0 Å². The van der Waals surface area contributed by atoms with E-state index in [1.165, 1.54) is 13.2 Å². The summed E-state index contributed by atoms with van der Waals surface area (Å²) in [5.41, 5.74) is 0.282. The highest BCUT2D eigenvalue weighted by atomic mass is 16.5. The molecular formula is C11H12O5. The molecule has 0 aliphatic rings. The lowest BCUT2D eigenvalue weighted by Gasteiger charge is -2.13. The molecule has 5 heteroatoms. The molecule has 0 radical (unpaired) electrons. The maximum absolute atomic E-state index is 11.4. The van der Waals surface area contributed by atoms with Crippen LogP contribution in [0.3, 0.4) is 0 Å². The van der Waals surface area contributed by atoms with Crippen LogP contribution in [-0.2, 0) is 14.3 Å². The van der Waals surface area contributed by atoms with E-state index in [2.05, 4.69) is 4.74 Å². The van der Waals surface area contributed by atoms with Gasteiger partial charge in [0.1, 0.15) is 5.75 Å². The molecule has 1 aromatic rings. The van der Waals surface area contributed by atoms with E-state index in [1.807, 2.05) is 0 Å². The van der Waals surface area contributed by atoms with Gasteiger partial charge in [-0.2, -0.15) is 0 Å². The van der Waals surface area contributed by atoms with Crippen molar-refractivity contribution >= 4 is 11.9 Å². The summed E-state index contributed by atoms with van der Waals surface area (Å²) in [6.45, 7) is 0. The Labute approximate surface area is 92.6 Å². The fraction of sp³-hybridized carbons (Fsp3) is 0.273. The summed E-state index contributed by atoms with van der Waals surface area (Å²) in [7, 11) is 2.56. The van der Waals surface area contributed by atoms with Gasteiger partial charge in [-0.1, -0.05) is 18.2 Å². The third-order valence-corrected chi connectivity index (χ3v) is 2.13. The molecule has 1 atom stereocenters. The molecule has 0 heterocycles. The third kappa shape index (κ3) is 2.31. The van der Waals surface area contributed by atoms with Gasteiger partial charge in [0, 0.05) is 5.56 Å². The Hall–Kier alpha value is -2.04. The summed E-state index contributed by atoms with van der Waals surface area (Å²) in [4.78, 5) is 22.4. The summed E-state index contributed by atoms with van der Waals surface area (Å²) in [5.74, 6) is -3.10. The van der Waals surface area contributed by atoms with Crippen LogP contribution in [0.1, 0.15) is 11.5 Å². The van der Waals surface area contributed by atoms with Crippen LogP contribution in [0.25, 0.3) is 0 Å². The first-order chi connectivity index (χ1) is 7.61. The van der Waals surface area contributed by atoms with Crippen molar-refractivity contribution in [3.63, 3.8) is 0 Å². The Morgan fingerprint density at radius 2 is 1.88 bits per heavy atom. The lowest BCUT2D eigenvalue weighted by Crippen LogP contribution is -2.23. The van der Waals surface area contributed by atoms with Crippen molar-refractivity contribution in [1.29, 1.82) is 0 Å². The van der Waals surface area contributed by atoms with Crippen molar-refractivity contribution in [2.75, 3.05) is 14.2 Å². The molecule has 0 bridgehead atoms. The van der Waals surface area contributed by atoms with Gasteiger partial charge < -0.3 is 14.6 Å². The number of carboxylic acid groups (broad SMARTS) is 1. The normalized spacial score (nSPS) is 11.6. The number of rotatable bonds is 4. The minimum absolute atomic E-state index is 0.282. The van der Waals surface area contributed by atoms with Crippen LogP contribution < -0.4 is 4.74 Å². The maximum Gasteiger partial charge on any atom is 0.324 e. The molecule has 1 unspecified atom stereocenters. The Bertz CT molecular complexity index is 399. The van der Waals surface area contributed by atoms with E-state index in [1.54, 1.807) is 18.2 Å². The maximum atomic E-state index is 11.4. The van der Waals surface area contributed by atoms with Gasteiger partial charge in [-0.25, -0.2) is 0 Å². The van der Waals surface area contributed by atoms with E-state index < -0.39 is 17.9 Å². The van der Waals surface area contributed by atoms with Crippen LogP contribution in [0.15, 0.2) is 24.3 Å². The topological polar surface area (TPSA) is 72.8 Å². The summed E-state index contributed by atoms with van der Waals surface area (Å²) < 4.78 is 9.45. The van der Waals surface area contributed by atoms with Gasteiger partial charge in [-0.3, -0.25) is 9.59 Å². The van der Waals surface area contributed by atoms with Crippen LogP contribution in [0.5, 0.6) is 5.75 Å². The van der Waals surface area contributed by atoms with E-state index in [4.69, 9.17) is 9.84 Å². The lowest BCUT2D eigenvalue weighted by molar-refractivity contribution is -0.152. The molecule has 16 heavy (non-hydrogen) atoms. The average molecular weight is 224 g/mol. The molecule has 0 aliphatic carbocycles. The first-order valence-electron chi connectivity index (χ1n) is 4.55. The summed E-state index contributed by atoms with van der Waals surface area (Å²) in [5, 5.41) is 8.99. The van der Waals surface area contributed by atoms with E-state index in [9.17, 15) is 9.59 Å². The highest BCUT2D eigenvalue weighted by Crippen LogP contribution is 2.27. The van der Waals surface area contributed by atoms with Crippen molar-refractivity contribution in [1.82, 2.24) is 0 Å². The molecule has 1 rings (SSSR count). The highest BCUT2D eigenvalue weighted by molar-refractivity contribution is 6.00. The highest BCUT2D eigenvalue weighted by Gasteiger charge is 2.31. The van der Waals surface area contributed by atoms with Gasteiger partial charge in [0.25, 0.3) is 0 Å². The Morgan fingerprint density at radius 3 is 2.38 bits per heavy atom. The summed E-state index contributed by atoms with van der Waals surface area (Å²) >= 11 is 0. The monoisotopic (exact) mass is 224 g/mol. The SMILES string of the molecule is COC(=O)C(C(=O)O)c1ccccc1OC. The van der Waals surface area contributed by atoms with Gasteiger partial charge >= 0.3 is 11.9 Å². The molecule has 1 N–H and O–H groups in total. The van der Waals surface area contributed by atoms with Gasteiger partial charge in [0.15, 0.2) is 5.92 Å². The van der Waals surface area contributed by atoms with E-state index in [0.29, 0.717) is 5.75 Å². The average Bonchev–Trinajstić information content (AvgIpc) is 2.29. The fourth-order valence-electron chi connectivity index (χ4n) is 1.38. The van der Waals surface area contributed by atoms with Crippen LogP contribution in [-0.4, -0.2) is 31.3 Å². The second-order valence-electron chi connectivity index (χ2n) is 3.04. The largest absolute Gasteiger partial charge is 0.496 e. The Morgan fingerprint density at radius 1 is 1.25 bits per heavy atom. The van der Waals surface area contributed by atoms with Crippen LogP contribution in [0, 0.1) is 0 Å². The Kier molecular flexibility index (Phi) is 3.88. The number of aliphatic carboxylic acids is 1. The van der Waals surface area contributed by atoms with Crippen molar-refractivity contribution in [3.8, 4) is 5.75 Å². The number of carbonyl (C=O) groups excluding carboxylic acids is 1. The molecular weight excluding hydrogens is 212 g/mol. The van der Waals surface area contributed by atoms with Gasteiger partial charge in [0.05, 0.1) is 14.2 Å². The quantitative estimate of drug-likeness (QED) is 0.611. The number of carbonyl (C=O) groups is 2. The van der Waals surface area contributed by atoms with Crippen molar-refractivity contribution in [2.45, 2.75) is 5.92 Å².